The molecule has 3 rings (SSSR count). The van der Waals surface area contributed by atoms with E-state index < -0.39 is 0 Å². The van der Waals surface area contributed by atoms with Gasteiger partial charge in [-0.05, 0) is 44.0 Å². The number of rotatable bonds is 5. The second-order valence-electron chi connectivity index (χ2n) is 5.98. The number of nitrogens with one attached hydrogen (secondary N) is 1. The number of hydrogen-bond acceptors (Lipinski definition) is 5. The van der Waals surface area contributed by atoms with Crippen LogP contribution in [0.2, 0.25) is 0 Å². The normalized spacial score (nSPS) is 16.8. The Labute approximate surface area is 144 Å². The summed E-state index contributed by atoms with van der Waals surface area (Å²) in [5.41, 5.74) is 0.648. The molecular weight excluding hydrogens is 329 g/mol. The summed E-state index contributed by atoms with van der Waals surface area (Å²) in [5.74, 6) is -0.00769. The van der Waals surface area contributed by atoms with Gasteiger partial charge < -0.3 is 9.73 Å². The van der Waals surface area contributed by atoms with Gasteiger partial charge in [-0.25, -0.2) is 4.39 Å². The van der Waals surface area contributed by atoms with Gasteiger partial charge in [-0.2, -0.15) is 0 Å². The number of thioether (sulfide) groups is 1. The molecule has 1 amide bonds. The van der Waals surface area contributed by atoms with E-state index in [2.05, 4.69) is 15.5 Å². The first-order chi connectivity index (χ1) is 11.6. The van der Waals surface area contributed by atoms with Crippen LogP contribution in [0.25, 0.3) is 11.5 Å². The standard InChI is InChI=1S/C17H20FN3O2S/c1-11(15(22)19-14-5-3-2-4-6-14)24-17-21-20-16(23-17)12-7-9-13(18)10-8-12/h7-11,14H,2-6H2,1H3,(H,19,22)/t11-/m0/s1. The maximum Gasteiger partial charge on any atom is 0.277 e. The van der Waals surface area contributed by atoms with Crippen LogP contribution in [-0.2, 0) is 4.79 Å². The van der Waals surface area contributed by atoms with Crippen LogP contribution in [0.15, 0.2) is 33.9 Å². The molecule has 0 radical (unpaired) electrons. The predicted molar refractivity (Wildman–Crippen MR) is 90.0 cm³/mol. The lowest BCUT2D eigenvalue weighted by atomic mass is 9.95. The summed E-state index contributed by atoms with van der Waals surface area (Å²) < 4.78 is 18.5. The summed E-state index contributed by atoms with van der Waals surface area (Å²) in [4.78, 5) is 12.3. The number of hydrogen-bond donors (Lipinski definition) is 1. The minimum absolute atomic E-state index is 0.00608. The molecule has 1 atom stereocenters. The second kappa shape index (κ2) is 7.79. The van der Waals surface area contributed by atoms with Crippen LogP contribution in [-0.4, -0.2) is 27.4 Å². The average Bonchev–Trinajstić information content (AvgIpc) is 3.05. The Morgan fingerprint density at radius 1 is 1.25 bits per heavy atom. The van der Waals surface area contributed by atoms with Crippen molar-refractivity contribution in [3.8, 4) is 11.5 Å². The number of carbonyl (C=O) groups is 1. The Morgan fingerprint density at radius 3 is 2.67 bits per heavy atom. The Morgan fingerprint density at radius 2 is 1.96 bits per heavy atom. The Bertz CT molecular complexity index is 683. The third kappa shape index (κ3) is 4.35. The van der Waals surface area contributed by atoms with E-state index in [1.807, 2.05) is 6.92 Å². The quantitative estimate of drug-likeness (QED) is 0.832. The van der Waals surface area contributed by atoms with Crippen LogP contribution in [0.5, 0.6) is 0 Å². The summed E-state index contributed by atoms with van der Waals surface area (Å²) in [7, 11) is 0. The number of amides is 1. The highest BCUT2D eigenvalue weighted by Gasteiger charge is 2.22. The van der Waals surface area contributed by atoms with E-state index in [0.29, 0.717) is 16.7 Å². The molecule has 0 spiro atoms. The highest BCUT2D eigenvalue weighted by molar-refractivity contribution is 8.00. The highest BCUT2D eigenvalue weighted by Crippen LogP contribution is 2.27. The van der Waals surface area contributed by atoms with Gasteiger partial charge in [0.05, 0.1) is 5.25 Å². The van der Waals surface area contributed by atoms with Crippen LogP contribution in [0.4, 0.5) is 4.39 Å². The molecule has 0 unspecified atom stereocenters. The molecule has 1 aliphatic carbocycles. The topological polar surface area (TPSA) is 68.0 Å². The van der Waals surface area contributed by atoms with Gasteiger partial charge in [0.2, 0.25) is 11.8 Å². The number of benzene rings is 1. The first-order valence-electron chi connectivity index (χ1n) is 8.18. The molecule has 1 N–H and O–H groups in total. The minimum Gasteiger partial charge on any atom is -0.411 e. The van der Waals surface area contributed by atoms with E-state index in [1.54, 1.807) is 12.1 Å². The van der Waals surface area contributed by atoms with Gasteiger partial charge >= 0.3 is 0 Å². The number of nitrogens with zero attached hydrogens (tertiary/aromatic N) is 2. The van der Waals surface area contributed by atoms with E-state index in [1.165, 1.54) is 43.2 Å². The van der Waals surface area contributed by atoms with E-state index in [9.17, 15) is 9.18 Å². The summed E-state index contributed by atoms with van der Waals surface area (Å²) in [5, 5.41) is 11.0. The molecule has 1 heterocycles. The maximum absolute atomic E-state index is 12.9. The molecular formula is C17H20FN3O2S. The number of aromatic nitrogens is 2. The van der Waals surface area contributed by atoms with Crippen molar-refractivity contribution in [2.45, 2.75) is 55.5 Å². The Kier molecular flexibility index (Phi) is 5.50. The summed E-state index contributed by atoms with van der Waals surface area (Å²) in [6, 6.07) is 6.12. The van der Waals surface area contributed by atoms with Gasteiger partial charge in [0.1, 0.15) is 5.82 Å². The molecule has 1 fully saturated rings. The maximum atomic E-state index is 12.9. The molecule has 0 aliphatic heterocycles. The van der Waals surface area contributed by atoms with Crippen molar-refractivity contribution in [3.05, 3.63) is 30.1 Å². The van der Waals surface area contributed by atoms with Gasteiger partial charge in [-0.15, -0.1) is 10.2 Å². The van der Waals surface area contributed by atoms with Gasteiger partial charge in [0.25, 0.3) is 5.22 Å². The summed E-state index contributed by atoms with van der Waals surface area (Å²) in [6.45, 7) is 1.82. The average molecular weight is 349 g/mol. The van der Waals surface area contributed by atoms with Crippen LogP contribution in [0.3, 0.4) is 0 Å². The Balaban J connectivity index is 1.57. The fourth-order valence-corrected chi connectivity index (χ4v) is 3.43. The van der Waals surface area contributed by atoms with E-state index in [4.69, 9.17) is 4.42 Å². The van der Waals surface area contributed by atoms with Crippen molar-refractivity contribution in [2.75, 3.05) is 0 Å². The van der Waals surface area contributed by atoms with Gasteiger partial charge in [-0.1, -0.05) is 31.0 Å². The van der Waals surface area contributed by atoms with Crippen molar-refractivity contribution >= 4 is 17.7 Å². The van der Waals surface area contributed by atoms with Crippen molar-refractivity contribution in [2.24, 2.45) is 0 Å². The predicted octanol–water partition coefficient (Wildman–Crippen LogP) is 3.81. The van der Waals surface area contributed by atoms with E-state index in [0.717, 1.165) is 12.8 Å². The van der Waals surface area contributed by atoms with Crippen molar-refractivity contribution in [3.63, 3.8) is 0 Å². The van der Waals surface area contributed by atoms with Crippen molar-refractivity contribution < 1.29 is 13.6 Å². The molecule has 0 saturated heterocycles. The van der Waals surface area contributed by atoms with Gasteiger partial charge in [-0.3, -0.25) is 4.79 Å². The molecule has 1 aliphatic rings. The van der Waals surface area contributed by atoms with Crippen molar-refractivity contribution in [1.82, 2.24) is 15.5 Å². The fraction of sp³-hybridized carbons (Fsp3) is 0.471. The third-order valence-electron chi connectivity index (χ3n) is 4.10. The van der Waals surface area contributed by atoms with Crippen LogP contribution >= 0.6 is 11.8 Å². The largest absolute Gasteiger partial charge is 0.411 e. The second-order valence-corrected chi connectivity index (χ2v) is 7.28. The van der Waals surface area contributed by atoms with Crippen LogP contribution < -0.4 is 5.32 Å². The monoisotopic (exact) mass is 349 g/mol. The summed E-state index contributed by atoms with van der Waals surface area (Å²) in [6.07, 6.45) is 5.72. The lowest BCUT2D eigenvalue weighted by Gasteiger charge is -2.23. The zero-order valence-electron chi connectivity index (χ0n) is 13.5. The lowest BCUT2D eigenvalue weighted by molar-refractivity contribution is -0.121. The first-order valence-corrected chi connectivity index (χ1v) is 9.06. The molecule has 1 aromatic carbocycles. The molecule has 0 bridgehead atoms. The molecule has 7 heteroatoms. The smallest absolute Gasteiger partial charge is 0.277 e. The molecule has 2 aromatic rings. The molecule has 1 aromatic heterocycles. The zero-order valence-corrected chi connectivity index (χ0v) is 14.3. The van der Waals surface area contributed by atoms with E-state index in [-0.39, 0.29) is 23.0 Å². The Hall–Kier alpha value is -1.89. The molecule has 1 saturated carbocycles. The lowest BCUT2D eigenvalue weighted by Crippen LogP contribution is -2.40. The van der Waals surface area contributed by atoms with Gasteiger partial charge in [0.15, 0.2) is 0 Å². The number of carbonyl (C=O) groups excluding carboxylic acids is 1. The molecule has 5 nitrogen and oxygen atoms in total. The molecule has 24 heavy (non-hydrogen) atoms. The van der Waals surface area contributed by atoms with Crippen LogP contribution in [0, 0.1) is 5.82 Å². The SMILES string of the molecule is C[C@H](Sc1nnc(-c2ccc(F)cc2)o1)C(=O)NC1CCCCC1. The van der Waals surface area contributed by atoms with Crippen molar-refractivity contribution in [1.29, 1.82) is 0 Å². The number of halogens is 1. The van der Waals surface area contributed by atoms with Crippen LogP contribution in [0.1, 0.15) is 39.0 Å². The summed E-state index contributed by atoms with van der Waals surface area (Å²) >= 11 is 1.23. The highest BCUT2D eigenvalue weighted by atomic mass is 32.2. The minimum atomic E-state index is -0.319. The zero-order chi connectivity index (χ0) is 16.9. The molecule has 128 valence electrons. The fourth-order valence-electron chi connectivity index (χ4n) is 2.74. The van der Waals surface area contributed by atoms with Gasteiger partial charge in [0, 0.05) is 11.6 Å². The van der Waals surface area contributed by atoms with E-state index >= 15 is 0 Å². The third-order valence-corrected chi connectivity index (χ3v) is 5.03. The first kappa shape index (κ1) is 17.0.